The molecule has 4 fully saturated rings. The van der Waals surface area contributed by atoms with Gasteiger partial charge in [0.2, 0.25) is 0 Å². The van der Waals surface area contributed by atoms with Crippen LogP contribution < -0.4 is 11.5 Å². The molecular weight excluding hydrogens is 364 g/mol. The minimum Gasteiger partial charge on any atom is -0.399 e. The van der Waals surface area contributed by atoms with Crippen molar-refractivity contribution in [3.8, 4) is 12.3 Å². The van der Waals surface area contributed by atoms with E-state index in [-0.39, 0.29) is 0 Å². The van der Waals surface area contributed by atoms with Crippen LogP contribution in [-0.4, -0.2) is 6.04 Å². The second kappa shape index (κ2) is 10.1. The molecule has 0 radical (unpaired) electrons. The molecule has 2 bridgehead atoms. The molecule has 0 aromatic heterocycles. The minimum absolute atomic E-state index is 0.348. The summed E-state index contributed by atoms with van der Waals surface area (Å²) in [6.45, 7) is 14.5. The molecule has 2 unspecified atom stereocenters. The first-order valence-corrected chi connectivity index (χ1v) is 11.8. The van der Waals surface area contributed by atoms with E-state index in [9.17, 15) is 0 Å². The van der Waals surface area contributed by atoms with Crippen molar-refractivity contribution < 1.29 is 0 Å². The van der Waals surface area contributed by atoms with Gasteiger partial charge in [0.1, 0.15) is 0 Å². The summed E-state index contributed by atoms with van der Waals surface area (Å²) in [4.78, 5) is 0. The molecule has 0 aliphatic heterocycles. The zero-order valence-corrected chi connectivity index (χ0v) is 20.1. The highest BCUT2D eigenvalue weighted by Gasteiger charge is 2.45. The monoisotopic (exact) mass is 408 g/mol. The summed E-state index contributed by atoms with van der Waals surface area (Å²) >= 11 is 0. The van der Waals surface area contributed by atoms with E-state index < -0.39 is 0 Å². The Balaban J connectivity index is 0.000000163. The molecule has 5 rings (SSSR count). The number of hydrogen-bond donors (Lipinski definition) is 2. The lowest BCUT2D eigenvalue weighted by molar-refractivity contribution is 0.119. The van der Waals surface area contributed by atoms with Crippen molar-refractivity contribution in [3.63, 3.8) is 0 Å². The van der Waals surface area contributed by atoms with Gasteiger partial charge in [0.25, 0.3) is 0 Å². The van der Waals surface area contributed by atoms with Crippen LogP contribution in [0.4, 0.5) is 0 Å². The molecule has 4 saturated carbocycles. The molecule has 2 heteroatoms. The average molecular weight is 409 g/mol. The van der Waals surface area contributed by atoms with Gasteiger partial charge in [0.15, 0.2) is 0 Å². The van der Waals surface area contributed by atoms with Crippen LogP contribution in [-0.2, 0) is 0 Å². The Kier molecular flexibility index (Phi) is 8.23. The Hall–Kier alpha value is -1.72. The quantitative estimate of drug-likeness (QED) is 0.554. The first-order chi connectivity index (χ1) is 14.1. The second-order valence-electron chi connectivity index (χ2n) is 10.4. The Morgan fingerprint density at radius 2 is 1.87 bits per heavy atom. The van der Waals surface area contributed by atoms with Crippen LogP contribution in [0.5, 0.6) is 0 Å². The van der Waals surface area contributed by atoms with Crippen molar-refractivity contribution in [2.45, 2.75) is 92.0 Å². The molecule has 30 heavy (non-hydrogen) atoms. The predicted molar refractivity (Wildman–Crippen MR) is 132 cm³/mol. The maximum Gasteiger partial charge on any atom is 0.0319 e. The summed E-state index contributed by atoms with van der Waals surface area (Å²) in [5, 5.41) is 0. The van der Waals surface area contributed by atoms with Crippen LogP contribution >= 0.6 is 0 Å². The number of nitrogens with two attached hydrogens (primary N) is 2. The number of hydrogen-bond acceptors (Lipinski definition) is 2. The summed E-state index contributed by atoms with van der Waals surface area (Å²) in [6.07, 6.45) is 16.3. The zero-order valence-electron chi connectivity index (χ0n) is 20.1. The summed E-state index contributed by atoms with van der Waals surface area (Å²) < 4.78 is 0. The van der Waals surface area contributed by atoms with Gasteiger partial charge >= 0.3 is 0 Å². The molecule has 0 saturated heterocycles. The smallest absolute Gasteiger partial charge is 0.0319 e. The lowest BCUT2D eigenvalue weighted by atomic mass is 9.61. The van der Waals surface area contributed by atoms with Gasteiger partial charge in [-0.3, -0.25) is 0 Å². The number of terminal acetylenes is 1. The molecule has 4 aliphatic carbocycles. The van der Waals surface area contributed by atoms with Gasteiger partial charge in [-0.1, -0.05) is 63.0 Å². The van der Waals surface area contributed by atoms with Gasteiger partial charge < -0.3 is 11.5 Å². The van der Waals surface area contributed by atoms with E-state index in [1.165, 1.54) is 62.5 Å². The average Bonchev–Trinajstić information content (AvgIpc) is 3.47. The SMILES string of the molecule is C#CC12CC(C)CCC(C1)C2.C=C(N)c1ccc(C)cc1C.CCC1(C(C)N)CC1. The third-order valence-electron chi connectivity index (χ3n) is 7.76. The van der Waals surface area contributed by atoms with Crippen LogP contribution in [0.2, 0.25) is 0 Å². The van der Waals surface area contributed by atoms with Gasteiger partial charge in [-0.25, -0.2) is 0 Å². The predicted octanol–water partition coefficient (Wildman–Crippen LogP) is 6.59. The van der Waals surface area contributed by atoms with E-state index in [0.717, 1.165) is 17.4 Å². The number of aryl methyl sites for hydroxylation is 2. The number of fused-ring (bicyclic) bond motifs is 3. The topological polar surface area (TPSA) is 52.0 Å². The largest absolute Gasteiger partial charge is 0.399 e. The maximum atomic E-state index is 5.74. The van der Waals surface area contributed by atoms with E-state index in [4.69, 9.17) is 17.9 Å². The lowest BCUT2D eigenvalue weighted by Gasteiger charge is -2.42. The molecule has 0 spiro atoms. The zero-order chi connectivity index (χ0) is 22.5. The minimum atomic E-state index is 0.348. The third kappa shape index (κ3) is 6.14. The highest BCUT2D eigenvalue weighted by atomic mass is 14.7. The first kappa shape index (κ1) is 24.5. The van der Waals surface area contributed by atoms with Crippen molar-refractivity contribution in [2.75, 3.05) is 0 Å². The van der Waals surface area contributed by atoms with Gasteiger partial charge in [-0.2, -0.15) is 0 Å². The summed E-state index contributed by atoms with van der Waals surface area (Å²) in [7, 11) is 0. The van der Waals surface area contributed by atoms with Crippen molar-refractivity contribution in [3.05, 3.63) is 41.5 Å². The van der Waals surface area contributed by atoms with Crippen molar-refractivity contribution in [2.24, 2.45) is 34.1 Å². The van der Waals surface area contributed by atoms with E-state index in [1.54, 1.807) is 0 Å². The number of benzene rings is 1. The Morgan fingerprint density at radius 1 is 1.23 bits per heavy atom. The second-order valence-corrected chi connectivity index (χ2v) is 10.4. The third-order valence-corrected chi connectivity index (χ3v) is 7.76. The number of rotatable bonds is 3. The molecule has 166 valence electrons. The molecule has 2 atom stereocenters. The first-order valence-electron chi connectivity index (χ1n) is 11.8. The van der Waals surface area contributed by atoms with Gasteiger partial charge in [0.05, 0.1) is 0 Å². The maximum absolute atomic E-state index is 5.74. The molecule has 2 nitrogen and oxygen atoms in total. The lowest BCUT2D eigenvalue weighted by Crippen LogP contribution is -2.34. The van der Waals surface area contributed by atoms with Crippen molar-refractivity contribution >= 4 is 5.70 Å². The molecule has 4 aliphatic rings. The molecule has 0 heterocycles. The normalized spacial score (nSPS) is 28.7. The molecule has 1 aromatic rings. The van der Waals surface area contributed by atoms with E-state index in [2.05, 4.69) is 46.3 Å². The summed E-state index contributed by atoms with van der Waals surface area (Å²) in [5.41, 5.74) is 16.4. The van der Waals surface area contributed by atoms with E-state index in [1.807, 2.05) is 19.1 Å². The van der Waals surface area contributed by atoms with Crippen molar-refractivity contribution in [1.82, 2.24) is 0 Å². The van der Waals surface area contributed by atoms with Crippen LogP contribution in [0.15, 0.2) is 24.8 Å². The van der Waals surface area contributed by atoms with Gasteiger partial charge in [-0.15, -0.1) is 6.42 Å². The van der Waals surface area contributed by atoms with Crippen LogP contribution in [0.3, 0.4) is 0 Å². The van der Waals surface area contributed by atoms with Gasteiger partial charge in [-0.05, 0) is 87.7 Å². The highest BCUT2D eigenvalue weighted by Crippen LogP contribution is 2.54. The fourth-order valence-corrected chi connectivity index (χ4v) is 5.35. The van der Waals surface area contributed by atoms with Crippen LogP contribution in [0, 0.1) is 48.9 Å². The van der Waals surface area contributed by atoms with E-state index >= 15 is 0 Å². The van der Waals surface area contributed by atoms with Crippen LogP contribution in [0.25, 0.3) is 5.70 Å². The summed E-state index contributed by atoms with van der Waals surface area (Å²) in [5.74, 6) is 4.87. The highest BCUT2D eigenvalue weighted by molar-refractivity contribution is 5.63. The van der Waals surface area contributed by atoms with Gasteiger partial charge in [0, 0.05) is 17.2 Å². The van der Waals surface area contributed by atoms with Crippen LogP contribution in [0.1, 0.15) is 88.8 Å². The molecule has 1 aromatic carbocycles. The Bertz CT molecular complexity index is 757. The molecule has 0 amide bonds. The van der Waals surface area contributed by atoms with E-state index in [0.29, 0.717) is 22.6 Å². The Labute approximate surface area is 185 Å². The summed E-state index contributed by atoms with van der Waals surface area (Å²) in [6, 6.07) is 6.58. The molecular formula is C28H44N2. The fourth-order valence-electron chi connectivity index (χ4n) is 5.35. The Morgan fingerprint density at radius 3 is 2.27 bits per heavy atom. The van der Waals surface area contributed by atoms with Crippen molar-refractivity contribution in [1.29, 1.82) is 0 Å². The standard InChI is InChI=1S/C11H16.C10H13N.C7H15N/c1-3-11-6-9(2)4-5-10(7-11)8-11;1-7-4-5-10(9(3)11)8(2)6-7;1-3-7(4-5-7)6(2)8/h1,9-10H,4-8H2,2H3;4-6H,3,11H2,1-2H3;6H,3-5,8H2,1-2H3. The fraction of sp³-hybridized carbons (Fsp3) is 0.643. The molecule has 4 N–H and O–H groups in total.